The van der Waals surface area contributed by atoms with Crippen molar-refractivity contribution in [3.05, 3.63) is 64.9 Å². The van der Waals surface area contributed by atoms with Gasteiger partial charge in [0.25, 0.3) is 0 Å². The van der Waals surface area contributed by atoms with Gasteiger partial charge in [-0.15, -0.1) is 0 Å². The predicted octanol–water partition coefficient (Wildman–Crippen LogP) is 4.40. The maximum Gasteiger partial charge on any atom is 0.325 e. The molecule has 194 valence electrons. The molecule has 0 aromatic heterocycles. The van der Waals surface area contributed by atoms with Gasteiger partial charge in [-0.05, 0) is 47.9 Å². The molecule has 2 aromatic carbocycles. The number of halogens is 2. The second-order valence-electron chi connectivity index (χ2n) is 9.90. The molecule has 36 heavy (non-hydrogen) atoms. The lowest BCUT2D eigenvalue weighted by molar-refractivity contribution is -0.135. The van der Waals surface area contributed by atoms with Crippen molar-refractivity contribution in [2.24, 2.45) is 5.92 Å². The van der Waals surface area contributed by atoms with Gasteiger partial charge in [-0.2, -0.15) is 0 Å². The SMILES string of the molecule is COCCOCC(=O)N1C[C@H](c2ccc(F)cc2)[C@@]2(C1)CN(CC(C)C)C(=O)N2c1ccc(Cl)cc1. The smallest absolute Gasteiger partial charge is 0.325 e. The minimum absolute atomic E-state index is 0.0693. The molecule has 2 fully saturated rings. The molecule has 0 bridgehead atoms. The van der Waals surface area contributed by atoms with Crippen LogP contribution in [-0.2, 0) is 14.3 Å². The number of carbonyl (C=O) groups is 2. The fourth-order valence-corrected chi connectivity index (χ4v) is 5.44. The van der Waals surface area contributed by atoms with E-state index in [1.807, 2.05) is 21.9 Å². The van der Waals surface area contributed by atoms with Crippen molar-refractivity contribution in [3.63, 3.8) is 0 Å². The molecule has 2 atom stereocenters. The highest BCUT2D eigenvalue weighted by atomic mass is 35.5. The summed E-state index contributed by atoms with van der Waals surface area (Å²) in [5.41, 5.74) is 0.860. The number of benzene rings is 2. The van der Waals surface area contributed by atoms with Gasteiger partial charge >= 0.3 is 6.03 Å². The number of hydrogen-bond acceptors (Lipinski definition) is 4. The molecule has 3 amide bonds. The van der Waals surface area contributed by atoms with Crippen LogP contribution in [0.4, 0.5) is 14.9 Å². The van der Waals surface area contributed by atoms with Crippen LogP contribution in [0.15, 0.2) is 48.5 Å². The Morgan fingerprint density at radius 2 is 1.81 bits per heavy atom. The Morgan fingerprint density at radius 3 is 2.44 bits per heavy atom. The molecule has 2 aromatic rings. The Balaban J connectivity index is 1.74. The largest absolute Gasteiger partial charge is 0.382 e. The summed E-state index contributed by atoms with van der Waals surface area (Å²) in [7, 11) is 1.58. The lowest BCUT2D eigenvalue weighted by atomic mass is 9.81. The van der Waals surface area contributed by atoms with E-state index in [1.165, 1.54) is 12.1 Å². The fraction of sp³-hybridized carbons (Fsp3) is 0.481. The van der Waals surface area contributed by atoms with E-state index in [2.05, 4.69) is 13.8 Å². The lowest BCUT2D eigenvalue weighted by Crippen LogP contribution is -2.53. The van der Waals surface area contributed by atoms with Gasteiger partial charge in [0, 0.05) is 49.9 Å². The van der Waals surface area contributed by atoms with Crippen LogP contribution < -0.4 is 4.90 Å². The first-order valence-electron chi connectivity index (χ1n) is 12.2. The van der Waals surface area contributed by atoms with E-state index >= 15 is 0 Å². The van der Waals surface area contributed by atoms with Crippen molar-refractivity contribution >= 4 is 29.2 Å². The highest BCUT2D eigenvalue weighted by Gasteiger charge is 2.60. The summed E-state index contributed by atoms with van der Waals surface area (Å²) in [6.07, 6.45) is 0. The number of likely N-dealkylation sites (tertiary alicyclic amines) is 1. The van der Waals surface area contributed by atoms with Crippen LogP contribution in [0.25, 0.3) is 0 Å². The minimum atomic E-state index is -0.736. The van der Waals surface area contributed by atoms with Crippen molar-refractivity contribution in [1.82, 2.24) is 9.80 Å². The molecular formula is C27H33ClFN3O4. The van der Waals surface area contributed by atoms with Crippen LogP contribution in [0.1, 0.15) is 25.3 Å². The molecule has 0 aliphatic carbocycles. The quantitative estimate of drug-likeness (QED) is 0.462. The van der Waals surface area contributed by atoms with E-state index in [0.29, 0.717) is 50.1 Å². The topological polar surface area (TPSA) is 62.3 Å². The fourth-order valence-electron chi connectivity index (χ4n) is 5.32. The van der Waals surface area contributed by atoms with Gasteiger partial charge < -0.3 is 19.3 Å². The van der Waals surface area contributed by atoms with Crippen LogP contribution in [-0.4, -0.2) is 80.4 Å². The average Bonchev–Trinajstić information content (AvgIpc) is 3.35. The van der Waals surface area contributed by atoms with Crippen molar-refractivity contribution in [2.75, 3.05) is 58.0 Å². The van der Waals surface area contributed by atoms with Gasteiger partial charge in [-0.3, -0.25) is 9.69 Å². The standard InChI is InChI=1S/C27H33ClFN3O4/c1-19(2)14-31-18-27(32(26(31)34)23-10-6-21(28)7-11-23)17-30(25(33)16-36-13-12-35-3)15-24(27)20-4-8-22(29)9-5-20/h4-11,19,24H,12-18H2,1-3H3/t24-,27-/m1/s1. The Kier molecular flexibility index (Phi) is 8.17. The van der Waals surface area contributed by atoms with Gasteiger partial charge in [-0.25, -0.2) is 9.18 Å². The number of urea groups is 1. The van der Waals surface area contributed by atoms with Gasteiger partial charge in [0.1, 0.15) is 12.4 Å². The third-order valence-electron chi connectivity index (χ3n) is 6.84. The third kappa shape index (κ3) is 5.36. The first-order valence-corrected chi connectivity index (χ1v) is 12.6. The molecule has 9 heteroatoms. The monoisotopic (exact) mass is 517 g/mol. The molecule has 2 saturated heterocycles. The zero-order valence-electron chi connectivity index (χ0n) is 21.0. The summed E-state index contributed by atoms with van der Waals surface area (Å²) in [5.74, 6) is -0.434. The third-order valence-corrected chi connectivity index (χ3v) is 7.09. The molecule has 2 heterocycles. The van der Waals surface area contributed by atoms with Crippen LogP contribution in [0, 0.1) is 11.7 Å². The van der Waals surface area contributed by atoms with E-state index in [9.17, 15) is 14.0 Å². The number of rotatable bonds is 9. The summed E-state index contributed by atoms with van der Waals surface area (Å²) in [6.45, 7) is 6.57. The van der Waals surface area contributed by atoms with Crippen molar-refractivity contribution in [3.8, 4) is 0 Å². The van der Waals surface area contributed by atoms with Crippen LogP contribution in [0.5, 0.6) is 0 Å². The second-order valence-corrected chi connectivity index (χ2v) is 10.3. The average molecular weight is 518 g/mol. The van der Waals surface area contributed by atoms with E-state index in [-0.39, 0.29) is 36.2 Å². The number of hydrogen-bond donors (Lipinski definition) is 0. The zero-order chi connectivity index (χ0) is 25.9. The molecule has 1 spiro atoms. The molecule has 2 aliphatic rings. The van der Waals surface area contributed by atoms with E-state index in [4.69, 9.17) is 21.1 Å². The Hall–Kier alpha value is -2.68. The number of carbonyl (C=O) groups excluding carboxylic acids is 2. The maximum atomic E-state index is 13.9. The Bertz CT molecular complexity index is 1070. The number of ether oxygens (including phenoxy) is 2. The predicted molar refractivity (Wildman–Crippen MR) is 137 cm³/mol. The van der Waals surface area contributed by atoms with Crippen molar-refractivity contribution in [2.45, 2.75) is 25.3 Å². The number of methoxy groups -OCH3 is 1. The summed E-state index contributed by atoms with van der Waals surface area (Å²) >= 11 is 6.15. The normalized spacial score (nSPS) is 21.9. The number of amides is 3. The summed E-state index contributed by atoms with van der Waals surface area (Å²) in [5, 5.41) is 0.574. The van der Waals surface area contributed by atoms with E-state index in [1.54, 1.807) is 36.3 Å². The molecule has 0 N–H and O–H groups in total. The first-order chi connectivity index (χ1) is 17.2. The Morgan fingerprint density at radius 1 is 1.11 bits per heavy atom. The molecule has 0 unspecified atom stereocenters. The molecule has 2 aliphatic heterocycles. The van der Waals surface area contributed by atoms with Crippen LogP contribution in [0.3, 0.4) is 0 Å². The van der Waals surface area contributed by atoms with Crippen LogP contribution in [0.2, 0.25) is 5.02 Å². The van der Waals surface area contributed by atoms with E-state index < -0.39 is 5.54 Å². The van der Waals surface area contributed by atoms with Crippen molar-refractivity contribution < 1.29 is 23.5 Å². The summed E-state index contributed by atoms with van der Waals surface area (Å²) < 4.78 is 24.3. The van der Waals surface area contributed by atoms with Crippen molar-refractivity contribution in [1.29, 1.82) is 0 Å². The number of anilines is 1. The molecular weight excluding hydrogens is 485 g/mol. The highest BCUT2D eigenvalue weighted by molar-refractivity contribution is 6.30. The maximum absolute atomic E-state index is 13.9. The van der Waals surface area contributed by atoms with Gasteiger partial charge in [0.2, 0.25) is 5.91 Å². The van der Waals surface area contributed by atoms with Gasteiger partial charge in [-0.1, -0.05) is 37.6 Å². The number of nitrogens with zero attached hydrogens (tertiary/aromatic N) is 3. The second kappa shape index (κ2) is 11.2. The Labute approximate surface area is 216 Å². The lowest BCUT2D eigenvalue weighted by Gasteiger charge is -2.38. The first kappa shape index (κ1) is 26.4. The summed E-state index contributed by atoms with van der Waals surface area (Å²) in [4.78, 5) is 32.5. The highest BCUT2D eigenvalue weighted by Crippen LogP contribution is 2.47. The molecule has 0 saturated carbocycles. The van der Waals surface area contributed by atoms with Gasteiger partial charge in [0.05, 0.1) is 18.8 Å². The molecule has 4 rings (SSSR count). The van der Waals surface area contributed by atoms with E-state index in [0.717, 1.165) is 5.56 Å². The molecule has 7 nitrogen and oxygen atoms in total. The molecule has 0 radical (unpaired) electrons. The minimum Gasteiger partial charge on any atom is -0.382 e. The summed E-state index contributed by atoms with van der Waals surface area (Å²) in [6, 6.07) is 13.4. The van der Waals surface area contributed by atoms with Gasteiger partial charge in [0.15, 0.2) is 0 Å². The van der Waals surface area contributed by atoms with Crippen LogP contribution >= 0.6 is 11.6 Å². The zero-order valence-corrected chi connectivity index (χ0v) is 21.7.